The van der Waals surface area contributed by atoms with E-state index in [4.69, 9.17) is 0 Å². The minimum atomic E-state index is -3.88. The molecule has 4 heterocycles. The Kier molecular flexibility index (Phi) is 6.85. The molecule has 4 aromatic heterocycles. The number of carbonyl (C=O) groups excluding carboxylic acids is 2. The summed E-state index contributed by atoms with van der Waals surface area (Å²) < 4.78 is 25.7. The van der Waals surface area contributed by atoms with Crippen molar-refractivity contribution in [3.05, 3.63) is 103 Å². The van der Waals surface area contributed by atoms with Crippen LogP contribution < -0.4 is 16.0 Å². The zero-order chi connectivity index (χ0) is 29.1. The van der Waals surface area contributed by atoms with E-state index >= 15 is 0 Å². The van der Waals surface area contributed by atoms with Gasteiger partial charge in [0.25, 0.3) is 21.8 Å². The van der Waals surface area contributed by atoms with E-state index in [2.05, 4.69) is 51.2 Å². The van der Waals surface area contributed by atoms with Crippen LogP contribution in [0.25, 0.3) is 11.0 Å². The van der Waals surface area contributed by atoms with Crippen molar-refractivity contribution in [1.29, 1.82) is 0 Å². The Morgan fingerprint density at radius 1 is 0.929 bits per heavy atom. The molecule has 2 amide bonds. The number of hydrogen-bond acceptors (Lipinski definition) is 10. The molecule has 0 fully saturated rings. The smallest absolute Gasteiger partial charge is 0.284 e. The van der Waals surface area contributed by atoms with Crippen molar-refractivity contribution in [1.82, 2.24) is 44.6 Å². The van der Waals surface area contributed by atoms with E-state index in [1.54, 1.807) is 36.7 Å². The second kappa shape index (κ2) is 10.9. The number of hydrogen-bond donors (Lipinski definition) is 5. The molecular weight excluding hydrogens is 562 g/mol. The fraction of sp³-hybridized carbons (Fsp3) is 0.0385. The van der Waals surface area contributed by atoms with Crippen LogP contribution in [-0.4, -0.2) is 59.6 Å². The number of anilines is 3. The molecule has 0 saturated carbocycles. The van der Waals surface area contributed by atoms with Crippen LogP contribution in [0.1, 0.15) is 26.4 Å². The van der Waals surface area contributed by atoms with Gasteiger partial charge in [-0.3, -0.25) is 14.7 Å². The summed E-state index contributed by atoms with van der Waals surface area (Å²) in [6.45, 7) is 0.214. The number of aromatic amines is 2. The fourth-order valence-electron chi connectivity index (χ4n) is 4.05. The van der Waals surface area contributed by atoms with Crippen molar-refractivity contribution in [2.24, 2.45) is 0 Å². The van der Waals surface area contributed by atoms with Crippen molar-refractivity contribution >= 4 is 50.1 Å². The molecule has 0 saturated heterocycles. The molecular formula is C26H21N11O4S. The number of carbonyl (C=O) groups is 2. The van der Waals surface area contributed by atoms with E-state index in [0.29, 0.717) is 28.4 Å². The molecule has 0 spiro atoms. The zero-order valence-electron chi connectivity index (χ0n) is 21.5. The van der Waals surface area contributed by atoms with Crippen LogP contribution in [0.15, 0.2) is 90.9 Å². The molecule has 6 rings (SSSR count). The predicted octanol–water partition coefficient (Wildman–Crippen LogP) is 2.44. The van der Waals surface area contributed by atoms with Gasteiger partial charge in [0.15, 0.2) is 5.69 Å². The summed E-state index contributed by atoms with van der Waals surface area (Å²) in [4.78, 5) is 40.6. The zero-order valence-corrected chi connectivity index (χ0v) is 22.3. The monoisotopic (exact) mass is 583 g/mol. The lowest BCUT2D eigenvalue weighted by Crippen LogP contribution is -2.23. The lowest BCUT2D eigenvalue weighted by molar-refractivity contribution is 0.0950. The van der Waals surface area contributed by atoms with Gasteiger partial charge in [-0.25, -0.2) is 15.0 Å². The van der Waals surface area contributed by atoms with Crippen LogP contribution in [0.4, 0.5) is 17.2 Å². The van der Waals surface area contributed by atoms with Gasteiger partial charge in [-0.1, -0.05) is 12.1 Å². The van der Waals surface area contributed by atoms with Crippen LogP contribution in [0.2, 0.25) is 0 Å². The van der Waals surface area contributed by atoms with Gasteiger partial charge in [0, 0.05) is 30.2 Å². The molecule has 0 radical (unpaired) electrons. The van der Waals surface area contributed by atoms with Gasteiger partial charge in [-0.05, 0) is 48.0 Å². The second-order valence-corrected chi connectivity index (χ2v) is 10.7. The highest BCUT2D eigenvalue weighted by molar-refractivity contribution is 7.89. The van der Waals surface area contributed by atoms with Gasteiger partial charge < -0.3 is 20.9 Å². The normalized spacial score (nSPS) is 11.3. The molecule has 0 aliphatic heterocycles. The summed E-state index contributed by atoms with van der Waals surface area (Å²) in [5.74, 6) is -0.291. The summed E-state index contributed by atoms with van der Waals surface area (Å²) in [5.41, 5.74) is 2.85. The lowest BCUT2D eigenvalue weighted by atomic mass is 10.1. The van der Waals surface area contributed by atoms with Gasteiger partial charge in [0.1, 0.15) is 30.4 Å². The first kappa shape index (κ1) is 26.3. The van der Waals surface area contributed by atoms with E-state index in [1.807, 2.05) is 6.07 Å². The highest BCUT2D eigenvalue weighted by Gasteiger charge is 2.19. The van der Waals surface area contributed by atoms with Crippen LogP contribution in [0.3, 0.4) is 0 Å². The Labute approximate surface area is 237 Å². The van der Waals surface area contributed by atoms with Crippen molar-refractivity contribution in [2.75, 3.05) is 10.6 Å². The highest BCUT2D eigenvalue weighted by atomic mass is 32.2. The maximum absolute atomic E-state index is 12.9. The number of amides is 2. The molecule has 2 aromatic carbocycles. The molecule has 5 N–H and O–H groups in total. The third-order valence-electron chi connectivity index (χ3n) is 6.19. The minimum absolute atomic E-state index is 0.0214. The summed E-state index contributed by atoms with van der Waals surface area (Å²) in [5, 5.41) is 19.9. The standard InChI is InChI=1S/C26H21N11O4S/c38-25(17-3-7-19(8-4-17)42(40,41)37-15-27-13-33-37)29-11-16-1-5-18(6-2-16)34-26(39)22-21(12-32-36-22)35-24-20-9-10-28-23(20)30-14-31-24/h1-10,12-15H,11H2,(H,29,38)(H,32,36)(H,34,39)(H2,28,30,31,35). The molecule has 6 aromatic rings. The van der Waals surface area contributed by atoms with E-state index in [1.165, 1.54) is 30.6 Å². The number of aromatic nitrogens is 8. The molecule has 0 aliphatic carbocycles. The maximum Gasteiger partial charge on any atom is 0.284 e. The molecule has 42 heavy (non-hydrogen) atoms. The Morgan fingerprint density at radius 2 is 1.74 bits per heavy atom. The molecule has 15 nitrogen and oxygen atoms in total. The summed E-state index contributed by atoms with van der Waals surface area (Å²) in [6, 6.07) is 14.3. The topological polar surface area (TPSA) is 205 Å². The minimum Gasteiger partial charge on any atom is -0.348 e. The predicted molar refractivity (Wildman–Crippen MR) is 150 cm³/mol. The first-order valence-electron chi connectivity index (χ1n) is 12.4. The highest BCUT2D eigenvalue weighted by Crippen LogP contribution is 2.24. The van der Waals surface area contributed by atoms with Crippen LogP contribution in [-0.2, 0) is 16.6 Å². The molecule has 0 atom stereocenters. The largest absolute Gasteiger partial charge is 0.348 e. The third kappa shape index (κ3) is 5.28. The second-order valence-electron chi connectivity index (χ2n) is 8.87. The van der Waals surface area contributed by atoms with Crippen LogP contribution in [0, 0.1) is 0 Å². The summed E-state index contributed by atoms with van der Waals surface area (Å²) in [6.07, 6.45) is 6.92. The summed E-state index contributed by atoms with van der Waals surface area (Å²) in [7, 11) is -3.88. The Hall–Kier alpha value is -5.90. The third-order valence-corrected chi connectivity index (χ3v) is 7.73. The average Bonchev–Trinajstić information content (AvgIpc) is 3.79. The molecule has 0 bridgehead atoms. The first-order valence-corrected chi connectivity index (χ1v) is 13.8. The maximum atomic E-state index is 12.9. The average molecular weight is 584 g/mol. The van der Waals surface area contributed by atoms with Gasteiger partial charge in [0.2, 0.25) is 0 Å². The summed E-state index contributed by atoms with van der Waals surface area (Å²) >= 11 is 0. The van der Waals surface area contributed by atoms with E-state index in [9.17, 15) is 18.0 Å². The fourth-order valence-corrected chi connectivity index (χ4v) is 5.09. The van der Waals surface area contributed by atoms with Crippen molar-refractivity contribution in [3.8, 4) is 0 Å². The number of nitrogens with zero attached hydrogens (tertiary/aromatic N) is 6. The van der Waals surface area contributed by atoms with Crippen LogP contribution in [0.5, 0.6) is 0 Å². The number of fused-ring (bicyclic) bond motifs is 1. The van der Waals surface area contributed by atoms with Gasteiger partial charge in [-0.15, -0.1) is 9.19 Å². The SMILES string of the molecule is O=C(NCc1ccc(NC(=O)c2n[nH]cc2Nc2ncnc3[nH]ccc23)cc1)c1ccc(S(=O)(=O)n2cncn2)cc1. The van der Waals surface area contributed by atoms with Gasteiger partial charge >= 0.3 is 0 Å². The number of nitrogens with one attached hydrogen (secondary N) is 5. The number of benzene rings is 2. The molecule has 210 valence electrons. The van der Waals surface area contributed by atoms with Crippen molar-refractivity contribution in [3.63, 3.8) is 0 Å². The van der Waals surface area contributed by atoms with Crippen LogP contribution >= 0.6 is 0 Å². The quantitative estimate of drug-likeness (QED) is 0.168. The van der Waals surface area contributed by atoms with Gasteiger partial charge in [-0.2, -0.15) is 13.5 Å². The van der Waals surface area contributed by atoms with E-state index in [0.717, 1.165) is 27.7 Å². The molecule has 0 aliphatic rings. The Bertz CT molecular complexity index is 1980. The van der Waals surface area contributed by atoms with Gasteiger partial charge in [0.05, 0.1) is 16.0 Å². The van der Waals surface area contributed by atoms with E-state index in [-0.39, 0.29) is 23.0 Å². The number of H-pyrrole nitrogens is 2. The van der Waals surface area contributed by atoms with E-state index < -0.39 is 15.9 Å². The first-order chi connectivity index (χ1) is 20.4. The lowest BCUT2D eigenvalue weighted by Gasteiger charge is -2.09. The Balaban J connectivity index is 1.05. The van der Waals surface area contributed by atoms with Crippen molar-refractivity contribution in [2.45, 2.75) is 11.4 Å². The van der Waals surface area contributed by atoms with Crippen molar-refractivity contribution < 1.29 is 18.0 Å². The number of rotatable bonds is 9. The molecule has 0 unspecified atom stereocenters. The molecule has 16 heteroatoms. The Morgan fingerprint density at radius 3 is 2.50 bits per heavy atom.